The maximum atomic E-state index is 11.2. The highest BCUT2D eigenvalue weighted by Crippen LogP contribution is 2.25. The van der Waals surface area contributed by atoms with Crippen LogP contribution in [0, 0.1) is 10.1 Å². The summed E-state index contributed by atoms with van der Waals surface area (Å²) in [7, 11) is 0. The molecule has 1 aliphatic carbocycles. The fraction of sp³-hybridized carbons (Fsp3) is 0.545. The summed E-state index contributed by atoms with van der Waals surface area (Å²) in [6, 6.07) is 2.63. The highest BCUT2D eigenvalue weighted by Gasteiger charge is 2.19. The second-order valence-electron chi connectivity index (χ2n) is 4.32. The first-order valence-corrected chi connectivity index (χ1v) is 5.81. The molecule has 1 heterocycles. The molecule has 17 heavy (non-hydrogen) atoms. The normalized spacial score (nSPS) is 16.7. The van der Waals surface area contributed by atoms with E-state index in [4.69, 9.17) is 0 Å². The van der Waals surface area contributed by atoms with Gasteiger partial charge in [-0.25, -0.2) is 0 Å². The minimum atomic E-state index is -0.485. The molecule has 1 saturated carbocycles. The van der Waals surface area contributed by atoms with Crippen LogP contribution in [0.4, 0.5) is 11.5 Å². The van der Waals surface area contributed by atoms with Gasteiger partial charge in [0.1, 0.15) is 0 Å². The van der Waals surface area contributed by atoms with Gasteiger partial charge in [0.2, 0.25) is 5.56 Å². The number of nitrogens with one attached hydrogen (secondary N) is 2. The zero-order valence-corrected chi connectivity index (χ0v) is 9.44. The maximum Gasteiger partial charge on any atom is 0.309 e. The summed E-state index contributed by atoms with van der Waals surface area (Å²) in [5.74, 6) is 0.231. The molecular weight excluding hydrogens is 222 g/mol. The number of nitro groups is 1. The molecule has 2 rings (SSSR count). The molecule has 1 aromatic rings. The molecular formula is C11H15N3O3. The van der Waals surface area contributed by atoms with Crippen molar-refractivity contribution in [3.05, 3.63) is 32.6 Å². The van der Waals surface area contributed by atoms with Crippen molar-refractivity contribution in [3.63, 3.8) is 0 Å². The van der Waals surface area contributed by atoms with Crippen LogP contribution < -0.4 is 10.9 Å². The summed E-state index contributed by atoms with van der Waals surface area (Å²) in [6.07, 6.45) is 5.46. The number of hydrogen-bond acceptors (Lipinski definition) is 4. The first-order valence-electron chi connectivity index (χ1n) is 5.81. The number of pyridine rings is 1. The minimum Gasteiger partial charge on any atom is -0.363 e. The highest BCUT2D eigenvalue weighted by atomic mass is 16.6. The lowest BCUT2D eigenvalue weighted by molar-refractivity contribution is -0.384. The molecule has 0 atom stereocenters. The van der Waals surface area contributed by atoms with Crippen molar-refractivity contribution >= 4 is 11.5 Å². The Morgan fingerprint density at radius 3 is 2.65 bits per heavy atom. The van der Waals surface area contributed by atoms with Crippen LogP contribution in [-0.2, 0) is 0 Å². The Labute approximate surface area is 98.2 Å². The van der Waals surface area contributed by atoms with Crippen molar-refractivity contribution in [1.29, 1.82) is 0 Å². The summed E-state index contributed by atoms with van der Waals surface area (Å²) in [4.78, 5) is 24.0. The van der Waals surface area contributed by atoms with E-state index < -0.39 is 4.92 Å². The van der Waals surface area contributed by atoms with Crippen LogP contribution in [0.3, 0.4) is 0 Å². The highest BCUT2D eigenvalue weighted by molar-refractivity contribution is 5.55. The van der Waals surface area contributed by atoms with Crippen LogP contribution >= 0.6 is 0 Å². The van der Waals surface area contributed by atoms with Gasteiger partial charge >= 0.3 is 5.69 Å². The standard InChI is InChI=1S/C11H15N3O3/c15-10-7-6-9(14(16)17)11(13-10)12-8-4-2-1-3-5-8/h6-8H,1-5H2,(H2,12,13,15). The molecule has 6 nitrogen and oxygen atoms in total. The smallest absolute Gasteiger partial charge is 0.309 e. The van der Waals surface area contributed by atoms with Crippen molar-refractivity contribution < 1.29 is 4.92 Å². The van der Waals surface area contributed by atoms with Gasteiger partial charge in [0.25, 0.3) is 0 Å². The lowest BCUT2D eigenvalue weighted by atomic mass is 9.95. The van der Waals surface area contributed by atoms with Gasteiger partial charge < -0.3 is 10.3 Å². The Morgan fingerprint density at radius 2 is 2.00 bits per heavy atom. The van der Waals surface area contributed by atoms with E-state index in [1.165, 1.54) is 18.6 Å². The predicted molar refractivity (Wildman–Crippen MR) is 64.2 cm³/mol. The van der Waals surface area contributed by atoms with E-state index in [0.717, 1.165) is 25.7 Å². The molecule has 0 spiro atoms. The summed E-state index contributed by atoms with van der Waals surface area (Å²) in [5.41, 5.74) is -0.399. The van der Waals surface area contributed by atoms with Crippen molar-refractivity contribution in [2.45, 2.75) is 38.1 Å². The SMILES string of the molecule is O=c1ccc([N+](=O)[O-])c(NC2CCCCC2)[nH]1. The van der Waals surface area contributed by atoms with Crippen molar-refractivity contribution in [3.8, 4) is 0 Å². The number of anilines is 1. The second-order valence-corrected chi connectivity index (χ2v) is 4.32. The largest absolute Gasteiger partial charge is 0.363 e. The maximum absolute atomic E-state index is 11.2. The van der Waals surface area contributed by atoms with Crippen molar-refractivity contribution in [2.75, 3.05) is 5.32 Å². The van der Waals surface area contributed by atoms with E-state index in [1.807, 2.05) is 0 Å². The van der Waals surface area contributed by atoms with Crippen LogP contribution in [0.25, 0.3) is 0 Å². The fourth-order valence-corrected chi connectivity index (χ4v) is 2.18. The average Bonchev–Trinajstić information content (AvgIpc) is 2.30. The van der Waals surface area contributed by atoms with Crippen LogP contribution in [-0.4, -0.2) is 15.9 Å². The Kier molecular flexibility index (Phi) is 3.41. The fourth-order valence-electron chi connectivity index (χ4n) is 2.18. The summed E-state index contributed by atoms with van der Waals surface area (Å²) < 4.78 is 0. The van der Waals surface area contributed by atoms with E-state index >= 15 is 0 Å². The van der Waals surface area contributed by atoms with E-state index in [1.54, 1.807) is 0 Å². The van der Waals surface area contributed by atoms with E-state index in [-0.39, 0.29) is 23.1 Å². The quantitative estimate of drug-likeness (QED) is 0.621. The molecule has 0 bridgehead atoms. The molecule has 0 radical (unpaired) electrons. The third kappa shape index (κ3) is 2.83. The van der Waals surface area contributed by atoms with Crippen LogP contribution in [0.1, 0.15) is 32.1 Å². The Morgan fingerprint density at radius 1 is 1.29 bits per heavy atom. The molecule has 2 N–H and O–H groups in total. The van der Waals surface area contributed by atoms with Gasteiger partial charge in [-0.15, -0.1) is 0 Å². The third-order valence-corrected chi connectivity index (χ3v) is 3.05. The Bertz CT molecular complexity index is 463. The third-order valence-electron chi connectivity index (χ3n) is 3.05. The van der Waals surface area contributed by atoms with Crippen LogP contribution in [0.2, 0.25) is 0 Å². The summed E-state index contributed by atoms with van der Waals surface area (Å²) >= 11 is 0. The predicted octanol–water partition coefficient (Wildman–Crippen LogP) is 2.03. The lowest BCUT2D eigenvalue weighted by Gasteiger charge is -2.23. The molecule has 6 heteroatoms. The molecule has 0 amide bonds. The van der Waals surface area contributed by atoms with Gasteiger partial charge in [-0.1, -0.05) is 19.3 Å². The summed E-state index contributed by atoms with van der Waals surface area (Å²) in [5, 5.41) is 13.9. The van der Waals surface area contributed by atoms with Crippen LogP contribution in [0.15, 0.2) is 16.9 Å². The number of nitrogens with zero attached hydrogens (tertiary/aromatic N) is 1. The Hall–Kier alpha value is -1.85. The first-order chi connectivity index (χ1) is 8.16. The van der Waals surface area contributed by atoms with Crippen LogP contribution in [0.5, 0.6) is 0 Å². The lowest BCUT2D eigenvalue weighted by Crippen LogP contribution is -2.24. The average molecular weight is 237 g/mol. The number of H-pyrrole nitrogens is 1. The van der Waals surface area contributed by atoms with Gasteiger partial charge in [0, 0.05) is 18.2 Å². The van der Waals surface area contributed by atoms with Gasteiger partial charge in [-0.2, -0.15) is 0 Å². The van der Waals surface area contributed by atoms with E-state index in [9.17, 15) is 14.9 Å². The van der Waals surface area contributed by atoms with Crippen molar-refractivity contribution in [2.24, 2.45) is 0 Å². The van der Waals surface area contributed by atoms with Crippen molar-refractivity contribution in [1.82, 2.24) is 4.98 Å². The monoisotopic (exact) mass is 237 g/mol. The Balaban J connectivity index is 2.20. The molecule has 0 aromatic carbocycles. The molecule has 1 aliphatic rings. The number of aromatic nitrogens is 1. The molecule has 0 saturated heterocycles. The molecule has 92 valence electrons. The van der Waals surface area contributed by atoms with E-state index in [2.05, 4.69) is 10.3 Å². The zero-order chi connectivity index (χ0) is 12.3. The molecule has 1 aromatic heterocycles. The molecule has 1 fully saturated rings. The summed E-state index contributed by atoms with van der Waals surface area (Å²) in [6.45, 7) is 0. The molecule has 0 unspecified atom stereocenters. The number of aromatic amines is 1. The van der Waals surface area contributed by atoms with Gasteiger partial charge in [0.15, 0.2) is 5.82 Å². The number of rotatable bonds is 3. The second kappa shape index (κ2) is 4.99. The van der Waals surface area contributed by atoms with Gasteiger partial charge in [-0.3, -0.25) is 14.9 Å². The van der Waals surface area contributed by atoms with Gasteiger partial charge in [-0.05, 0) is 12.8 Å². The van der Waals surface area contributed by atoms with Gasteiger partial charge in [0.05, 0.1) is 4.92 Å². The topological polar surface area (TPSA) is 88.0 Å². The first kappa shape index (κ1) is 11.6. The zero-order valence-electron chi connectivity index (χ0n) is 9.44. The number of hydrogen-bond donors (Lipinski definition) is 2. The molecule has 0 aliphatic heterocycles. The van der Waals surface area contributed by atoms with E-state index in [0.29, 0.717) is 0 Å². The minimum absolute atomic E-state index is 0.0739.